The van der Waals surface area contributed by atoms with Gasteiger partial charge in [0.05, 0.1) is 46.4 Å². The fourth-order valence-corrected chi connectivity index (χ4v) is 5.07. The molecular formula is C19H17F3N2O4. The van der Waals surface area contributed by atoms with E-state index in [-0.39, 0.29) is 5.69 Å². The highest BCUT2D eigenvalue weighted by Gasteiger charge is 2.76. The van der Waals surface area contributed by atoms with Gasteiger partial charge >= 0.3 is 6.18 Å². The Morgan fingerprint density at radius 1 is 1.25 bits per heavy atom. The SMILES string of the molecule is CO[C@@H]1C[C@]2(C)O[C@@]1(C)[C@@H]1C(=O)N(c3ccc(C#N)c(C(F)(F)F)c3)C(=O)[C@@H]12. The maximum absolute atomic E-state index is 13.3. The Morgan fingerprint density at radius 3 is 2.46 bits per heavy atom. The first-order valence-electron chi connectivity index (χ1n) is 8.70. The third-order valence-corrected chi connectivity index (χ3v) is 6.24. The van der Waals surface area contributed by atoms with Crippen molar-refractivity contribution in [3.8, 4) is 6.07 Å². The molecule has 0 saturated carbocycles. The third-order valence-electron chi connectivity index (χ3n) is 6.24. The molecule has 2 bridgehead atoms. The van der Waals surface area contributed by atoms with E-state index in [9.17, 15) is 22.8 Å². The molecule has 0 spiro atoms. The molecule has 3 saturated heterocycles. The molecule has 3 fully saturated rings. The predicted octanol–water partition coefficient (Wildman–Crippen LogP) is 2.65. The molecule has 4 rings (SSSR count). The maximum atomic E-state index is 13.3. The van der Waals surface area contributed by atoms with Gasteiger partial charge in [0.1, 0.15) is 5.60 Å². The van der Waals surface area contributed by atoms with Crippen molar-refractivity contribution in [2.45, 2.75) is 43.8 Å². The molecule has 6 nitrogen and oxygen atoms in total. The predicted molar refractivity (Wildman–Crippen MR) is 88.9 cm³/mol. The number of fused-ring (bicyclic) bond motifs is 5. The van der Waals surface area contributed by atoms with Crippen LogP contribution in [0.3, 0.4) is 0 Å². The van der Waals surface area contributed by atoms with Gasteiger partial charge < -0.3 is 9.47 Å². The van der Waals surface area contributed by atoms with Gasteiger partial charge in [-0.1, -0.05) is 0 Å². The highest BCUT2D eigenvalue weighted by molar-refractivity contribution is 6.23. The summed E-state index contributed by atoms with van der Waals surface area (Å²) >= 11 is 0. The van der Waals surface area contributed by atoms with Crippen LogP contribution in [0.4, 0.5) is 18.9 Å². The second-order valence-electron chi connectivity index (χ2n) is 7.83. The molecule has 0 radical (unpaired) electrons. The van der Waals surface area contributed by atoms with E-state index in [0.717, 1.165) is 11.0 Å². The quantitative estimate of drug-likeness (QED) is 0.721. The maximum Gasteiger partial charge on any atom is 0.417 e. The summed E-state index contributed by atoms with van der Waals surface area (Å²) in [6.45, 7) is 3.43. The Balaban J connectivity index is 1.80. The topological polar surface area (TPSA) is 79.6 Å². The normalized spacial score (nSPS) is 36.8. The number of rotatable bonds is 2. The van der Waals surface area contributed by atoms with Crippen LogP contribution in [0.1, 0.15) is 31.4 Å². The Hall–Kier alpha value is -2.44. The minimum absolute atomic E-state index is 0.198. The second kappa shape index (κ2) is 5.55. The van der Waals surface area contributed by atoms with Gasteiger partial charge in [-0.05, 0) is 32.0 Å². The van der Waals surface area contributed by atoms with Crippen LogP contribution in [-0.4, -0.2) is 36.2 Å². The number of benzene rings is 1. The van der Waals surface area contributed by atoms with Gasteiger partial charge in [-0.25, -0.2) is 4.90 Å². The molecule has 0 aromatic heterocycles. The van der Waals surface area contributed by atoms with Gasteiger partial charge in [-0.2, -0.15) is 18.4 Å². The summed E-state index contributed by atoms with van der Waals surface area (Å²) < 4.78 is 51.4. The molecule has 9 heteroatoms. The van der Waals surface area contributed by atoms with Crippen molar-refractivity contribution in [2.24, 2.45) is 11.8 Å². The highest BCUT2D eigenvalue weighted by atomic mass is 19.4. The number of imide groups is 1. The van der Waals surface area contributed by atoms with Crippen LogP contribution in [0.5, 0.6) is 0 Å². The Kier molecular flexibility index (Phi) is 3.75. The molecule has 3 heterocycles. The van der Waals surface area contributed by atoms with E-state index in [4.69, 9.17) is 14.7 Å². The molecule has 1 aromatic rings. The molecule has 148 valence electrons. The minimum atomic E-state index is -4.79. The number of nitriles is 1. The number of hydrogen-bond donors (Lipinski definition) is 0. The lowest BCUT2D eigenvalue weighted by atomic mass is 9.67. The Morgan fingerprint density at radius 2 is 1.89 bits per heavy atom. The van der Waals surface area contributed by atoms with Crippen LogP contribution in [0, 0.1) is 23.2 Å². The first-order valence-corrected chi connectivity index (χ1v) is 8.70. The van der Waals surface area contributed by atoms with Crippen LogP contribution >= 0.6 is 0 Å². The van der Waals surface area contributed by atoms with E-state index in [2.05, 4.69) is 0 Å². The number of carbonyl (C=O) groups is 2. The first-order chi connectivity index (χ1) is 13.0. The smallest absolute Gasteiger partial charge is 0.378 e. The van der Waals surface area contributed by atoms with E-state index < -0.39 is 58.3 Å². The first kappa shape index (κ1) is 18.9. The van der Waals surface area contributed by atoms with Gasteiger partial charge in [-0.3, -0.25) is 9.59 Å². The summed E-state index contributed by atoms with van der Waals surface area (Å²) in [5.74, 6) is -2.83. The monoisotopic (exact) mass is 394 g/mol. The summed E-state index contributed by atoms with van der Waals surface area (Å²) in [4.78, 5) is 27.0. The van der Waals surface area contributed by atoms with Crippen molar-refractivity contribution in [1.82, 2.24) is 0 Å². The lowest BCUT2D eigenvalue weighted by molar-refractivity contribution is -0.138. The number of carbonyl (C=O) groups excluding carboxylic acids is 2. The highest BCUT2D eigenvalue weighted by Crippen LogP contribution is 2.61. The lowest BCUT2D eigenvalue weighted by Gasteiger charge is -2.34. The van der Waals surface area contributed by atoms with Crippen LogP contribution in [0.25, 0.3) is 0 Å². The van der Waals surface area contributed by atoms with Crippen LogP contribution in [-0.2, 0) is 25.2 Å². The number of alkyl halides is 3. The van der Waals surface area contributed by atoms with Crippen molar-refractivity contribution < 1.29 is 32.2 Å². The van der Waals surface area contributed by atoms with Gasteiger partial charge in [0.25, 0.3) is 0 Å². The van der Waals surface area contributed by atoms with Gasteiger partial charge in [0.2, 0.25) is 11.8 Å². The number of anilines is 1. The van der Waals surface area contributed by atoms with Gasteiger partial charge in [-0.15, -0.1) is 0 Å². The number of nitrogens with zero attached hydrogens (tertiary/aromatic N) is 2. The number of hydrogen-bond acceptors (Lipinski definition) is 5. The van der Waals surface area contributed by atoms with E-state index >= 15 is 0 Å². The van der Waals surface area contributed by atoms with E-state index in [1.165, 1.54) is 19.2 Å². The average molecular weight is 394 g/mol. The number of methoxy groups -OCH3 is 1. The Bertz CT molecular complexity index is 940. The molecule has 1 aromatic carbocycles. The summed E-state index contributed by atoms with van der Waals surface area (Å²) in [6.07, 6.45) is -4.78. The molecule has 0 N–H and O–H groups in total. The molecule has 28 heavy (non-hydrogen) atoms. The number of halogens is 3. The van der Waals surface area contributed by atoms with Gasteiger partial charge in [0.15, 0.2) is 0 Å². The summed E-state index contributed by atoms with van der Waals surface area (Å²) in [5, 5.41) is 8.95. The standard InChI is InChI=1S/C19H17F3N2O4/c1-17-7-12(27-3)18(2,28-17)14-13(17)15(25)24(16(14)26)10-5-4-9(8-23)11(6-10)19(20,21)22/h4-6,12-14H,7H2,1-3H3/t12-,13-,14+,17+,18-/m1/s1. The van der Waals surface area contributed by atoms with Crippen molar-refractivity contribution in [1.29, 1.82) is 5.26 Å². The molecule has 3 aliphatic heterocycles. The van der Waals surface area contributed by atoms with E-state index in [1.807, 2.05) is 0 Å². The van der Waals surface area contributed by atoms with Crippen LogP contribution in [0.15, 0.2) is 18.2 Å². The molecule has 0 aliphatic carbocycles. The number of ether oxygens (including phenoxy) is 2. The largest absolute Gasteiger partial charge is 0.417 e. The molecule has 0 unspecified atom stereocenters. The third kappa shape index (κ3) is 2.22. The van der Waals surface area contributed by atoms with E-state index in [1.54, 1.807) is 13.8 Å². The lowest BCUT2D eigenvalue weighted by Crippen LogP contribution is -2.49. The molecule has 2 amide bonds. The molecule has 3 aliphatic rings. The number of amides is 2. The zero-order valence-corrected chi connectivity index (χ0v) is 15.3. The van der Waals surface area contributed by atoms with Crippen molar-refractivity contribution in [3.05, 3.63) is 29.3 Å². The van der Waals surface area contributed by atoms with Crippen LogP contribution in [0.2, 0.25) is 0 Å². The average Bonchev–Trinajstić information content (AvgIpc) is 3.14. The van der Waals surface area contributed by atoms with Crippen LogP contribution < -0.4 is 4.90 Å². The zero-order chi connectivity index (χ0) is 20.6. The fourth-order valence-electron chi connectivity index (χ4n) is 5.07. The zero-order valence-electron chi connectivity index (χ0n) is 15.3. The van der Waals surface area contributed by atoms with Crippen molar-refractivity contribution in [3.63, 3.8) is 0 Å². The Labute approximate surface area is 158 Å². The summed E-state index contributed by atoms with van der Waals surface area (Å²) in [6, 6.07) is 4.32. The molecule has 5 atom stereocenters. The second-order valence-corrected chi connectivity index (χ2v) is 7.83. The van der Waals surface area contributed by atoms with Crippen molar-refractivity contribution >= 4 is 17.5 Å². The van der Waals surface area contributed by atoms with Crippen molar-refractivity contribution in [2.75, 3.05) is 12.0 Å². The van der Waals surface area contributed by atoms with E-state index in [0.29, 0.717) is 12.5 Å². The fraction of sp³-hybridized carbons (Fsp3) is 0.526. The molecular weight excluding hydrogens is 377 g/mol. The minimum Gasteiger partial charge on any atom is -0.378 e. The summed E-state index contributed by atoms with van der Waals surface area (Å²) in [5.41, 5.74) is -3.92. The van der Waals surface area contributed by atoms with Gasteiger partial charge in [0, 0.05) is 13.5 Å². The summed E-state index contributed by atoms with van der Waals surface area (Å²) in [7, 11) is 1.49.